The molecular formula is C22H24BrFN2O2. The molecule has 1 aliphatic heterocycles. The Labute approximate surface area is 173 Å². The van der Waals surface area contributed by atoms with E-state index in [0.717, 1.165) is 47.8 Å². The lowest BCUT2D eigenvalue weighted by Crippen LogP contribution is -2.33. The van der Waals surface area contributed by atoms with Crippen molar-refractivity contribution in [1.82, 2.24) is 10.2 Å². The molecule has 0 radical (unpaired) electrons. The SMILES string of the molecule is CN(C)C(=O)Oc1c(F)ccc(Br)c1C1CCCC12CC=CC1=C2CC=CN1. The van der Waals surface area contributed by atoms with Crippen molar-refractivity contribution in [2.24, 2.45) is 5.41 Å². The average molecular weight is 447 g/mol. The third-order valence-corrected chi connectivity index (χ3v) is 6.84. The zero-order chi connectivity index (χ0) is 19.9. The molecule has 4 nitrogen and oxygen atoms in total. The van der Waals surface area contributed by atoms with Gasteiger partial charge in [0.05, 0.1) is 0 Å². The molecule has 1 fully saturated rings. The van der Waals surface area contributed by atoms with E-state index in [1.165, 1.54) is 16.5 Å². The Hall–Kier alpha value is -2.08. The zero-order valence-corrected chi connectivity index (χ0v) is 17.7. The number of halogens is 2. The van der Waals surface area contributed by atoms with Gasteiger partial charge in [0.25, 0.3) is 0 Å². The summed E-state index contributed by atoms with van der Waals surface area (Å²) in [7, 11) is 3.19. The van der Waals surface area contributed by atoms with Gasteiger partial charge < -0.3 is 15.0 Å². The molecule has 1 N–H and O–H groups in total. The van der Waals surface area contributed by atoms with Crippen molar-refractivity contribution < 1.29 is 13.9 Å². The van der Waals surface area contributed by atoms with Gasteiger partial charge in [0.2, 0.25) is 0 Å². The van der Waals surface area contributed by atoms with Crippen LogP contribution < -0.4 is 10.1 Å². The molecule has 3 aliphatic rings. The van der Waals surface area contributed by atoms with Gasteiger partial charge in [-0.3, -0.25) is 0 Å². The number of benzene rings is 1. The summed E-state index contributed by atoms with van der Waals surface area (Å²) in [6.45, 7) is 0. The van der Waals surface area contributed by atoms with Crippen LogP contribution in [-0.4, -0.2) is 25.1 Å². The molecule has 2 atom stereocenters. The lowest BCUT2D eigenvalue weighted by atomic mass is 9.63. The van der Waals surface area contributed by atoms with E-state index in [2.05, 4.69) is 39.5 Å². The lowest BCUT2D eigenvalue weighted by Gasteiger charge is -2.42. The van der Waals surface area contributed by atoms with Crippen LogP contribution in [0, 0.1) is 11.2 Å². The first-order chi connectivity index (χ1) is 13.4. The largest absolute Gasteiger partial charge is 0.414 e. The number of ether oxygens (including phenoxy) is 1. The maximum atomic E-state index is 14.8. The highest BCUT2D eigenvalue weighted by Gasteiger charge is 2.49. The van der Waals surface area contributed by atoms with Crippen LogP contribution in [0.2, 0.25) is 0 Å². The van der Waals surface area contributed by atoms with Crippen LogP contribution in [0.3, 0.4) is 0 Å². The van der Waals surface area contributed by atoms with Gasteiger partial charge in [-0.15, -0.1) is 0 Å². The topological polar surface area (TPSA) is 41.6 Å². The molecule has 1 aromatic carbocycles. The quantitative estimate of drug-likeness (QED) is 0.640. The number of carbonyl (C=O) groups excluding carboxylic acids is 1. The predicted molar refractivity (Wildman–Crippen MR) is 111 cm³/mol. The minimum atomic E-state index is -0.573. The molecule has 1 spiro atoms. The van der Waals surface area contributed by atoms with E-state index >= 15 is 0 Å². The third-order valence-electron chi connectivity index (χ3n) is 6.15. The number of nitrogens with zero attached hydrogens (tertiary/aromatic N) is 1. The third kappa shape index (κ3) is 3.08. The number of hydrogen-bond donors (Lipinski definition) is 1. The molecule has 0 bridgehead atoms. The Morgan fingerprint density at radius 3 is 2.96 bits per heavy atom. The van der Waals surface area contributed by atoms with Crippen LogP contribution in [0.15, 0.2) is 52.3 Å². The van der Waals surface area contributed by atoms with E-state index in [1.54, 1.807) is 20.2 Å². The number of carbonyl (C=O) groups is 1. The molecule has 1 heterocycles. The van der Waals surface area contributed by atoms with Crippen LogP contribution in [0.1, 0.15) is 43.6 Å². The van der Waals surface area contributed by atoms with E-state index in [0.29, 0.717) is 0 Å². The van der Waals surface area contributed by atoms with E-state index in [4.69, 9.17) is 4.74 Å². The number of allylic oxidation sites excluding steroid dienone is 4. The number of rotatable bonds is 2. The fourth-order valence-electron chi connectivity index (χ4n) is 4.91. The van der Waals surface area contributed by atoms with E-state index in [-0.39, 0.29) is 17.1 Å². The summed E-state index contributed by atoms with van der Waals surface area (Å²) in [5.74, 6) is -0.376. The smallest absolute Gasteiger partial charge is 0.407 e. The average Bonchev–Trinajstić information content (AvgIpc) is 3.08. The van der Waals surface area contributed by atoms with Gasteiger partial charge in [0, 0.05) is 35.2 Å². The molecule has 0 saturated heterocycles. The second-order valence-electron chi connectivity index (χ2n) is 7.88. The number of fused-ring (bicyclic) bond motifs is 1. The molecule has 28 heavy (non-hydrogen) atoms. The fourth-order valence-corrected chi connectivity index (χ4v) is 5.50. The molecule has 6 heteroatoms. The van der Waals surface area contributed by atoms with Crippen molar-refractivity contribution in [2.75, 3.05) is 14.1 Å². The summed E-state index contributed by atoms with van der Waals surface area (Å²) in [6.07, 6.45) is 12.7. The van der Waals surface area contributed by atoms with Crippen LogP contribution in [0.4, 0.5) is 9.18 Å². The first-order valence-corrected chi connectivity index (χ1v) is 10.4. The van der Waals surface area contributed by atoms with Gasteiger partial charge in [-0.05, 0) is 61.6 Å². The maximum Gasteiger partial charge on any atom is 0.414 e. The summed E-state index contributed by atoms with van der Waals surface area (Å²) in [5.41, 5.74) is 3.21. The first-order valence-electron chi connectivity index (χ1n) is 9.63. The van der Waals surface area contributed by atoms with Crippen molar-refractivity contribution in [3.63, 3.8) is 0 Å². The fraction of sp³-hybridized carbons (Fsp3) is 0.409. The van der Waals surface area contributed by atoms with Crippen molar-refractivity contribution in [3.8, 4) is 5.75 Å². The molecule has 148 valence electrons. The summed E-state index contributed by atoms with van der Waals surface area (Å²) in [6, 6.07) is 3.07. The Kier molecular flexibility index (Phi) is 5.08. The monoisotopic (exact) mass is 446 g/mol. The summed E-state index contributed by atoms with van der Waals surface area (Å²) < 4.78 is 21.1. The highest BCUT2D eigenvalue weighted by molar-refractivity contribution is 9.10. The molecular weight excluding hydrogens is 423 g/mol. The maximum absolute atomic E-state index is 14.8. The number of amides is 1. The van der Waals surface area contributed by atoms with Crippen molar-refractivity contribution in [2.45, 2.75) is 38.0 Å². The van der Waals surface area contributed by atoms with E-state index in [9.17, 15) is 9.18 Å². The van der Waals surface area contributed by atoms with Gasteiger partial charge in [-0.1, -0.05) is 34.5 Å². The molecule has 2 unspecified atom stereocenters. The van der Waals surface area contributed by atoms with Crippen molar-refractivity contribution in [1.29, 1.82) is 0 Å². The normalized spacial score (nSPS) is 25.6. The standard InChI is InChI=1S/C22H24BrFN2O2/c1-26(2)21(27)28-20-17(24)10-9-16(23)19(20)15-6-3-11-22(15)12-4-8-18-14(22)7-5-13-25-18/h4-5,8-10,13,15,25H,3,6-7,11-12H2,1-2H3. The molecule has 1 saturated carbocycles. The minimum Gasteiger partial charge on any atom is -0.407 e. The molecule has 1 aromatic rings. The van der Waals surface area contributed by atoms with E-state index < -0.39 is 11.9 Å². The summed E-state index contributed by atoms with van der Waals surface area (Å²) >= 11 is 3.62. The molecule has 0 aromatic heterocycles. The second kappa shape index (κ2) is 7.39. The number of hydrogen-bond acceptors (Lipinski definition) is 3. The van der Waals surface area contributed by atoms with Gasteiger partial charge in [-0.25, -0.2) is 9.18 Å². The van der Waals surface area contributed by atoms with Gasteiger partial charge in [0.1, 0.15) is 0 Å². The van der Waals surface area contributed by atoms with Crippen LogP contribution in [0.25, 0.3) is 0 Å². The Bertz CT molecular complexity index is 906. The van der Waals surface area contributed by atoms with Gasteiger partial charge in [0.15, 0.2) is 11.6 Å². The lowest BCUT2D eigenvalue weighted by molar-refractivity contribution is 0.168. The molecule has 2 aliphatic carbocycles. The highest BCUT2D eigenvalue weighted by Crippen LogP contribution is 2.61. The first kappa shape index (κ1) is 19.2. The molecule has 1 amide bonds. The van der Waals surface area contributed by atoms with Crippen molar-refractivity contribution >= 4 is 22.0 Å². The number of nitrogens with one attached hydrogen (secondary N) is 1. The Morgan fingerprint density at radius 2 is 2.18 bits per heavy atom. The number of dihydropyridines is 1. The summed E-state index contributed by atoms with van der Waals surface area (Å²) in [4.78, 5) is 13.5. The highest BCUT2D eigenvalue weighted by atomic mass is 79.9. The second-order valence-corrected chi connectivity index (χ2v) is 8.74. The zero-order valence-electron chi connectivity index (χ0n) is 16.1. The Balaban J connectivity index is 1.83. The summed E-state index contributed by atoms with van der Waals surface area (Å²) in [5, 5.41) is 3.37. The van der Waals surface area contributed by atoms with Gasteiger partial charge in [-0.2, -0.15) is 0 Å². The van der Waals surface area contributed by atoms with Crippen LogP contribution in [-0.2, 0) is 0 Å². The predicted octanol–water partition coefficient (Wildman–Crippen LogP) is 5.62. The Morgan fingerprint density at radius 1 is 1.36 bits per heavy atom. The van der Waals surface area contributed by atoms with E-state index in [1.807, 2.05) is 6.20 Å². The van der Waals surface area contributed by atoms with Crippen molar-refractivity contribution in [3.05, 3.63) is 63.7 Å². The van der Waals surface area contributed by atoms with Gasteiger partial charge >= 0.3 is 6.09 Å². The van der Waals surface area contributed by atoms with Crippen LogP contribution >= 0.6 is 15.9 Å². The molecule has 4 rings (SSSR count). The van der Waals surface area contributed by atoms with Crippen LogP contribution in [0.5, 0.6) is 5.75 Å². The minimum absolute atomic E-state index is 0.0513.